The van der Waals surface area contributed by atoms with Gasteiger partial charge in [0.05, 0.1) is 4.92 Å². The largest absolute Gasteiger partial charge is 0.382 e. The van der Waals surface area contributed by atoms with Crippen molar-refractivity contribution in [1.82, 2.24) is 4.90 Å². The lowest BCUT2D eigenvalue weighted by molar-refractivity contribution is -0.384. The third kappa shape index (κ3) is 3.92. The highest BCUT2D eigenvalue weighted by Crippen LogP contribution is 2.20. The van der Waals surface area contributed by atoms with Crippen molar-refractivity contribution in [2.75, 3.05) is 25.0 Å². The van der Waals surface area contributed by atoms with Gasteiger partial charge in [0.15, 0.2) is 0 Å². The van der Waals surface area contributed by atoms with Crippen molar-refractivity contribution in [3.63, 3.8) is 0 Å². The first kappa shape index (κ1) is 13.8. The van der Waals surface area contributed by atoms with Crippen LogP contribution in [0, 0.1) is 10.1 Å². The van der Waals surface area contributed by atoms with Gasteiger partial charge in [0, 0.05) is 37.0 Å². The lowest BCUT2D eigenvalue weighted by atomic mass is 10.0. The topological polar surface area (TPSA) is 58.4 Å². The Labute approximate surface area is 113 Å². The molecule has 0 bridgehead atoms. The molecule has 1 aliphatic heterocycles. The number of rotatable bonds is 5. The number of non-ortho nitro benzene ring substituents is 1. The smallest absolute Gasteiger partial charge is 0.271 e. The predicted octanol–water partition coefficient (Wildman–Crippen LogP) is 2.88. The van der Waals surface area contributed by atoms with Crippen LogP contribution in [0.25, 0.3) is 0 Å². The molecule has 0 aromatic heterocycles. The van der Waals surface area contributed by atoms with Gasteiger partial charge in [-0.3, -0.25) is 10.1 Å². The van der Waals surface area contributed by atoms with Crippen LogP contribution in [0.2, 0.25) is 0 Å². The number of nitrogens with one attached hydrogen (secondary N) is 1. The van der Waals surface area contributed by atoms with Crippen LogP contribution in [0.3, 0.4) is 0 Å². The normalized spacial score (nSPS) is 17.3. The lowest BCUT2D eigenvalue weighted by Gasteiger charge is -2.32. The summed E-state index contributed by atoms with van der Waals surface area (Å²) in [6.45, 7) is 5.60. The molecule has 1 aromatic carbocycles. The Bertz CT molecular complexity index is 428. The highest BCUT2D eigenvalue weighted by atomic mass is 16.6. The van der Waals surface area contributed by atoms with Gasteiger partial charge in [0.25, 0.3) is 5.69 Å². The molecule has 1 heterocycles. The van der Waals surface area contributed by atoms with E-state index in [1.165, 1.54) is 19.0 Å². The summed E-state index contributed by atoms with van der Waals surface area (Å²) in [5.74, 6) is 0. The second-order valence-corrected chi connectivity index (χ2v) is 5.07. The Balaban J connectivity index is 1.88. The van der Waals surface area contributed by atoms with E-state index in [1.807, 2.05) is 6.07 Å². The maximum Gasteiger partial charge on any atom is 0.271 e. The molecule has 19 heavy (non-hydrogen) atoms. The summed E-state index contributed by atoms with van der Waals surface area (Å²) in [7, 11) is 0. The Morgan fingerprint density at radius 3 is 2.79 bits per heavy atom. The first-order valence-corrected chi connectivity index (χ1v) is 6.92. The highest BCUT2D eigenvalue weighted by Gasteiger charge is 2.18. The van der Waals surface area contributed by atoms with E-state index >= 15 is 0 Å². The van der Waals surface area contributed by atoms with E-state index in [0.29, 0.717) is 6.04 Å². The molecule has 5 heteroatoms. The maximum absolute atomic E-state index is 10.7. The molecule has 0 saturated carbocycles. The molecule has 0 spiro atoms. The van der Waals surface area contributed by atoms with E-state index in [-0.39, 0.29) is 10.6 Å². The monoisotopic (exact) mass is 263 g/mol. The number of nitro benzene ring substituents is 1. The third-order valence-electron chi connectivity index (χ3n) is 3.56. The first-order valence-electron chi connectivity index (χ1n) is 6.92. The molecule has 1 fully saturated rings. The van der Waals surface area contributed by atoms with E-state index in [2.05, 4.69) is 17.1 Å². The molecule has 1 aromatic rings. The maximum atomic E-state index is 10.7. The fraction of sp³-hybridized carbons (Fsp3) is 0.571. The Morgan fingerprint density at radius 2 is 2.16 bits per heavy atom. The number of benzene rings is 1. The van der Waals surface area contributed by atoms with Gasteiger partial charge in [-0.25, -0.2) is 0 Å². The van der Waals surface area contributed by atoms with E-state index < -0.39 is 0 Å². The van der Waals surface area contributed by atoms with Crippen LogP contribution in [-0.2, 0) is 0 Å². The summed E-state index contributed by atoms with van der Waals surface area (Å²) in [5.41, 5.74) is 0.997. The minimum absolute atomic E-state index is 0.147. The molecule has 1 N–H and O–H groups in total. The van der Waals surface area contributed by atoms with Crippen molar-refractivity contribution in [1.29, 1.82) is 0 Å². The fourth-order valence-electron chi connectivity index (χ4n) is 2.56. The average molecular weight is 263 g/mol. The van der Waals surface area contributed by atoms with E-state index in [1.54, 1.807) is 12.1 Å². The minimum atomic E-state index is -0.352. The molecule has 1 aliphatic rings. The van der Waals surface area contributed by atoms with Gasteiger partial charge in [0.1, 0.15) is 0 Å². The predicted molar refractivity (Wildman–Crippen MR) is 76.5 cm³/mol. The van der Waals surface area contributed by atoms with Crippen LogP contribution in [0.15, 0.2) is 24.3 Å². The number of nitrogens with zero attached hydrogens (tertiary/aromatic N) is 2. The lowest BCUT2D eigenvalue weighted by Crippen LogP contribution is -2.39. The zero-order chi connectivity index (χ0) is 13.7. The standard InChI is InChI=1S/C14H21N3O2/c1-2-8-16-9-6-12(7-10-16)15-13-4-3-5-14(11-13)17(18)19/h3-5,11-12,15H,2,6-10H2,1H3. The molecule has 0 aliphatic carbocycles. The van der Waals surface area contributed by atoms with Crippen LogP contribution in [0.1, 0.15) is 26.2 Å². The zero-order valence-electron chi connectivity index (χ0n) is 11.3. The summed E-state index contributed by atoms with van der Waals surface area (Å²) in [6.07, 6.45) is 3.40. The van der Waals surface area contributed by atoms with Crippen molar-refractivity contribution < 1.29 is 4.92 Å². The number of likely N-dealkylation sites (tertiary alicyclic amines) is 1. The van der Waals surface area contributed by atoms with Gasteiger partial charge in [-0.1, -0.05) is 13.0 Å². The Morgan fingerprint density at radius 1 is 1.42 bits per heavy atom. The first-order chi connectivity index (χ1) is 9.19. The van der Waals surface area contributed by atoms with E-state index in [9.17, 15) is 10.1 Å². The molecule has 0 amide bonds. The molecule has 0 atom stereocenters. The minimum Gasteiger partial charge on any atom is -0.382 e. The molecule has 1 saturated heterocycles. The van der Waals surface area contributed by atoms with Crippen LogP contribution in [-0.4, -0.2) is 35.5 Å². The van der Waals surface area contributed by atoms with E-state index in [4.69, 9.17) is 0 Å². The quantitative estimate of drug-likeness (QED) is 0.655. The van der Waals surface area contributed by atoms with Gasteiger partial charge >= 0.3 is 0 Å². The summed E-state index contributed by atoms with van der Waals surface area (Å²) < 4.78 is 0. The summed E-state index contributed by atoms with van der Waals surface area (Å²) in [5, 5.41) is 14.1. The summed E-state index contributed by atoms with van der Waals surface area (Å²) in [4.78, 5) is 12.9. The molecule has 0 unspecified atom stereocenters. The number of hydrogen-bond donors (Lipinski definition) is 1. The Kier molecular flexibility index (Phi) is 4.74. The number of anilines is 1. The van der Waals surface area contributed by atoms with Crippen molar-refractivity contribution in [3.8, 4) is 0 Å². The third-order valence-corrected chi connectivity index (χ3v) is 3.56. The number of piperidine rings is 1. The molecular formula is C14H21N3O2. The van der Waals surface area contributed by atoms with Crippen LogP contribution in [0.4, 0.5) is 11.4 Å². The second-order valence-electron chi connectivity index (χ2n) is 5.07. The SMILES string of the molecule is CCCN1CCC(Nc2cccc([N+](=O)[O-])c2)CC1. The second kappa shape index (κ2) is 6.52. The van der Waals surface area contributed by atoms with Gasteiger partial charge in [-0.2, -0.15) is 0 Å². The van der Waals surface area contributed by atoms with Gasteiger partial charge in [0.2, 0.25) is 0 Å². The van der Waals surface area contributed by atoms with Crippen molar-refractivity contribution >= 4 is 11.4 Å². The average Bonchev–Trinajstić information content (AvgIpc) is 2.42. The summed E-state index contributed by atoms with van der Waals surface area (Å²) >= 11 is 0. The van der Waals surface area contributed by atoms with Crippen LogP contribution in [0.5, 0.6) is 0 Å². The molecule has 5 nitrogen and oxygen atoms in total. The van der Waals surface area contributed by atoms with Gasteiger partial charge < -0.3 is 10.2 Å². The van der Waals surface area contributed by atoms with Crippen LogP contribution >= 0.6 is 0 Å². The van der Waals surface area contributed by atoms with E-state index in [0.717, 1.165) is 31.6 Å². The molecule has 2 rings (SSSR count). The van der Waals surface area contributed by atoms with Gasteiger partial charge in [-0.15, -0.1) is 0 Å². The van der Waals surface area contributed by atoms with Crippen molar-refractivity contribution in [2.24, 2.45) is 0 Å². The van der Waals surface area contributed by atoms with Gasteiger partial charge in [-0.05, 0) is 31.9 Å². The molecule has 0 radical (unpaired) electrons. The molecule has 104 valence electrons. The number of hydrogen-bond acceptors (Lipinski definition) is 4. The Hall–Kier alpha value is -1.62. The molecular weight excluding hydrogens is 242 g/mol. The fourth-order valence-corrected chi connectivity index (χ4v) is 2.56. The zero-order valence-corrected chi connectivity index (χ0v) is 11.3. The van der Waals surface area contributed by atoms with Crippen molar-refractivity contribution in [2.45, 2.75) is 32.2 Å². The number of nitro groups is 1. The van der Waals surface area contributed by atoms with Crippen molar-refractivity contribution in [3.05, 3.63) is 34.4 Å². The summed E-state index contributed by atoms with van der Waals surface area (Å²) in [6, 6.07) is 7.18. The van der Waals surface area contributed by atoms with Crippen LogP contribution < -0.4 is 5.32 Å². The highest BCUT2D eigenvalue weighted by molar-refractivity contribution is 5.51.